The molecular weight excluding hydrogens is 216 g/mol. The second kappa shape index (κ2) is 5.59. The van der Waals surface area contributed by atoms with E-state index in [4.69, 9.17) is 0 Å². The third-order valence-corrected chi connectivity index (χ3v) is 3.04. The molecule has 0 aliphatic rings. The van der Waals surface area contributed by atoms with E-state index in [1.54, 1.807) is 6.92 Å². The minimum atomic E-state index is -0.858. The molecule has 2 N–H and O–H groups in total. The van der Waals surface area contributed by atoms with Gasteiger partial charge in [-0.05, 0) is 6.92 Å². The Hall–Kier alpha value is -1.24. The van der Waals surface area contributed by atoms with Crippen molar-refractivity contribution in [3.05, 3.63) is 11.6 Å². The Morgan fingerprint density at radius 1 is 1.60 bits per heavy atom. The van der Waals surface area contributed by atoms with Crippen molar-refractivity contribution in [2.75, 3.05) is 18.1 Å². The number of hydrogen-bond acceptors (Lipinski definition) is 4. The van der Waals surface area contributed by atoms with Crippen molar-refractivity contribution >= 4 is 16.7 Å². The van der Waals surface area contributed by atoms with Gasteiger partial charge in [-0.2, -0.15) is 0 Å². The van der Waals surface area contributed by atoms with Crippen LogP contribution in [0.25, 0.3) is 0 Å². The summed E-state index contributed by atoms with van der Waals surface area (Å²) in [5, 5.41) is 8.89. The molecule has 15 heavy (non-hydrogen) atoms. The van der Waals surface area contributed by atoms with Gasteiger partial charge < -0.3 is 5.32 Å². The number of aryl methyl sites for hydroxylation is 1. The number of nitrogens with one attached hydrogen (secondary N) is 2. The van der Waals surface area contributed by atoms with Crippen LogP contribution in [0.3, 0.4) is 0 Å². The van der Waals surface area contributed by atoms with Crippen LogP contribution in [0.5, 0.6) is 0 Å². The Morgan fingerprint density at radius 3 is 2.87 bits per heavy atom. The average Bonchev–Trinajstić information content (AvgIpc) is 2.64. The Kier molecular flexibility index (Phi) is 4.41. The summed E-state index contributed by atoms with van der Waals surface area (Å²) in [6, 6.07) is 0. The Labute approximate surface area is 90.3 Å². The molecule has 1 heterocycles. The van der Waals surface area contributed by atoms with E-state index in [0.717, 1.165) is 0 Å². The summed E-state index contributed by atoms with van der Waals surface area (Å²) in [5.74, 6) is 1.45. The van der Waals surface area contributed by atoms with Gasteiger partial charge in [0.15, 0.2) is 0 Å². The maximum Gasteiger partial charge on any atom is 0.290 e. The first kappa shape index (κ1) is 11.8. The molecule has 1 unspecified atom stereocenters. The number of rotatable bonds is 5. The molecular formula is C8H14N4O2S. The average molecular weight is 230 g/mol. The molecule has 0 bridgehead atoms. The molecule has 7 heteroatoms. The number of aromatic nitrogens is 3. The van der Waals surface area contributed by atoms with Gasteiger partial charge in [0.2, 0.25) is 5.82 Å². The summed E-state index contributed by atoms with van der Waals surface area (Å²) in [6.45, 7) is 3.94. The summed E-state index contributed by atoms with van der Waals surface area (Å²) in [6.07, 6.45) is 0. The number of carbonyl (C=O) groups is 1. The van der Waals surface area contributed by atoms with Crippen molar-refractivity contribution in [2.45, 2.75) is 13.8 Å². The lowest BCUT2D eigenvalue weighted by atomic mass is 10.5. The standard InChI is InChI=1S/C8H14N4O2S/c1-3-15(14)5-4-9-8(13)7-10-6(2)11-12-7/h3-5H2,1-2H3,(H,9,13)(H,10,11,12). The van der Waals surface area contributed by atoms with Gasteiger partial charge in [-0.15, -0.1) is 5.10 Å². The predicted molar refractivity (Wildman–Crippen MR) is 57.0 cm³/mol. The highest BCUT2D eigenvalue weighted by atomic mass is 32.2. The summed E-state index contributed by atoms with van der Waals surface area (Å²) < 4.78 is 11.1. The van der Waals surface area contributed by atoms with Crippen LogP contribution in [0.15, 0.2) is 0 Å². The monoisotopic (exact) mass is 230 g/mol. The van der Waals surface area contributed by atoms with Crippen molar-refractivity contribution in [3.63, 3.8) is 0 Å². The first-order chi connectivity index (χ1) is 7.13. The van der Waals surface area contributed by atoms with Crippen LogP contribution in [-0.4, -0.2) is 43.3 Å². The fraction of sp³-hybridized carbons (Fsp3) is 0.625. The minimum Gasteiger partial charge on any atom is -0.348 e. The van der Waals surface area contributed by atoms with E-state index in [1.165, 1.54) is 0 Å². The topological polar surface area (TPSA) is 87.7 Å². The third kappa shape index (κ3) is 3.78. The van der Waals surface area contributed by atoms with Gasteiger partial charge in [-0.25, -0.2) is 4.98 Å². The zero-order chi connectivity index (χ0) is 11.3. The molecule has 6 nitrogen and oxygen atoms in total. The van der Waals surface area contributed by atoms with E-state index in [0.29, 0.717) is 23.9 Å². The highest BCUT2D eigenvalue weighted by Gasteiger charge is 2.10. The summed E-state index contributed by atoms with van der Waals surface area (Å²) in [5.41, 5.74) is 0. The second-order valence-electron chi connectivity index (χ2n) is 2.93. The van der Waals surface area contributed by atoms with Gasteiger partial charge in [-0.3, -0.25) is 14.1 Å². The number of H-pyrrole nitrogens is 1. The van der Waals surface area contributed by atoms with Gasteiger partial charge in [0, 0.05) is 28.9 Å². The normalized spacial score (nSPS) is 12.4. The van der Waals surface area contributed by atoms with Gasteiger partial charge in [0.1, 0.15) is 5.82 Å². The minimum absolute atomic E-state index is 0.120. The van der Waals surface area contributed by atoms with Crippen LogP contribution in [0.1, 0.15) is 23.4 Å². The lowest BCUT2D eigenvalue weighted by Gasteiger charge is -2.00. The number of aromatic amines is 1. The van der Waals surface area contributed by atoms with Crippen molar-refractivity contribution in [2.24, 2.45) is 0 Å². The molecule has 1 aromatic rings. The van der Waals surface area contributed by atoms with Gasteiger partial charge >= 0.3 is 0 Å². The second-order valence-corrected chi connectivity index (χ2v) is 4.80. The molecule has 84 valence electrons. The molecule has 1 amide bonds. The van der Waals surface area contributed by atoms with Crippen molar-refractivity contribution in [1.82, 2.24) is 20.5 Å². The number of hydrogen-bond donors (Lipinski definition) is 2. The molecule has 1 aromatic heterocycles. The summed E-state index contributed by atoms with van der Waals surface area (Å²) >= 11 is 0. The van der Waals surface area contributed by atoms with Crippen molar-refractivity contribution in [1.29, 1.82) is 0 Å². The first-order valence-corrected chi connectivity index (χ1v) is 6.14. The fourth-order valence-corrected chi connectivity index (χ4v) is 1.56. The third-order valence-electron chi connectivity index (χ3n) is 1.74. The van der Waals surface area contributed by atoms with Crippen molar-refractivity contribution < 1.29 is 9.00 Å². The Morgan fingerprint density at radius 2 is 2.33 bits per heavy atom. The van der Waals surface area contributed by atoms with Crippen LogP contribution in [0.2, 0.25) is 0 Å². The smallest absolute Gasteiger partial charge is 0.290 e. The lowest BCUT2D eigenvalue weighted by molar-refractivity contribution is 0.0946. The molecule has 0 saturated carbocycles. The molecule has 1 rings (SSSR count). The first-order valence-electron chi connectivity index (χ1n) is 4.65. The molecule has 1 atom stereocenters. The molecule has 0 saturated heterocycles. The fourth-order valence-electron chi connectivity index (χ4n) is 0.946. The van der Waals surface area contributed by atoms with E-state index in [1.807, 2.05) is 6.92 Å². The summed E-state index contributed by atoms with van der Waals surface area (Å²) in [4.78, 5) is 15.2. The zero-order valence-electron chi connectivity index (χ0n) is 8.74. The lowest BCUT2D eigenvalue weighted by Crippen LogP contribution is -2.28. The largest absolute Gasteiger partial charge is 0.348 e. The molecule has 0 aromatic carbocycles. The van der Waals surface area contributed by atoms with E-state index in [-0.39, 0.29) is 11.7 Å². The quantitative estimate of drug-likeness (QED) is 0.721. The van der Waals surface area contributed by atoms with E-state index >= 15 is 0 Å². The van der Waals surface area contributed by atoms with Crippen LogP contribution in [-0.2, 0) is 10.8 Å². The molecule has 0 aliphatic carbocycles. The maximum absolute atomic E-state index is 11.4. The number of carbonyl (C=O) groups excluding carboxylic acids is 1. The molecule has 0 spiro atoms. The van der Waals surface area contributed by atoms with Crippen LogP contribution in [0, 0.1) is 6.92 Å². The Bertz CT molecular complexity index is 363. The highest BCUT2D eigenvalue weighted by molar-refractivity contribution is 7.84. The number of nitrogens with zero attached hydrogens (tertiary/aromatic N) is 2. The van der Waals surface area contributed by atoms with Gasteiger partial charge in [0.05, 0.1) is 0 Å². The molecule has 0 fully saturated rings. The molecule has 0 aliphatic heterocycles. The Balaban J connectivity index is 2.34. The van der Waals surface area contributed by atoms with E-state index in [2.05, 4.69) is 20.5 Å². The SMILES string of the molecule is CCS(=O)CCNC(=O)c1n[nH]c(C)n1. The highest BCUT2D eigenvalue weighted by Crippen LogP contribution is 1.90. The van der Waals surface area contributed by atoms with Crippen LogP contribution < -0.4 is 5.32 Å². The van der Waals surface area contributed by atoms with Crippen molar-refractivity contribution in [3.8, 4) is 0 Å². The maximum atomic E-state index is 11.4. The zero-order valence-corrected chi connectivity index (χ0v) is 9.56. The van der Waals surface area contributed by atoms with Gasteiger partial charge in [0.25, 0.3) is 5.91 Å². The van der Waals surface area contributed by atoms with Crippen LogP contribution >= 0.6 is 0 Å². The summed E-state index contributed by atoms with van der Waals surface area (Å²) in [7, 11) is -0.858. The molecule has 0 radical (unpaired) electrons. The van der Waals surface area contributed by atoms with Crippen LogP contribution in [0.4, 0.5) is 0 Å². The predicted octanol–water partition coefficient (Wildman–Crippen LogP) is -0.388. The van der Waals surface area contributed by atoms with Gasteiger partial charge in [-0.1, -0.05) is 6.92 Å². The van der Waals surface area contributed by atoms with E-state index < -0.39 is 10.8 Å². The van der Waals surface area contributed by atoms with E-state index in [9.17, 15) is 9.00 Å². The number of amides is 1.